The second-order valence-corrected chi connectivity index (χ2v) is 1.92. The first-order chi connectivity index (χ1) is 4.86. The molecule has 0 aromatic carbocycles. The molecule has 0 aliphatic carbocycles. The van der Waals surface area contributed by atoms with Crippen molar-refractivity contribution in [1.82, 2.24) is 15.0 Å². The molecule has 50 valence electrons. The lowest BCUT2D eigenvalue weighted by Gasteiger charge is -1.94. The molecule has 0 bridgehead atoms. The number of H-pyrrole nitrogens is 1. The van der Waals surface area contributed by atoms with Gasteiger partial charge in [-0.15, -0.1) is 0 Å². The summed E-state index contributed by atoms with van der Waals surface area (Å²) in [4.78, 5) is 9.72. The highest BCUT2D eigenvalue weighted by Crippen LogP contribution is 2.13. The lowest BCUT2D eigenvalue weighted by molar-refractivity contribution is 0.540. The van der Waals surface area contributed by atoms with Gasteiger partial charge in [-0.2, -0.15) is 4.39 Å². The van der Waals surface area contributed by atoms with Gasteiger partial charge in [-0.3, -0.25) is 4.98 Å². The Balaban J connectivity index is 2.75. The first-order valence-corrected chi connectivity index (χ1v) is 2.81. The summed E-state index contributed by atoms with van der Waals surface area (Å²) in [7, 11) is 0. The van der Waals surface area contributed by atoms with Crippen LogP contribution >= 0.6 is 0 Å². The molecule has 0 amide bonds. The van der Waals surface area contributed by atoms with E-state index in [-0.39, 0.29) is 0 Å². The summed E-state index contributed by atoms with van der Waals surface area (Å²) in [5, 5.41) is 0. The third-order valence-electron chi connectivity index (χ3n) is 1.27. The molecule has 2 aliphatic heterocycles. The lowest BCUT2D eigenvalue weighted by Crippen LogP contribution is -1.90. The van der Waals surface area contributed by atoms with E-state index >= 15 is 0 Å². The van der Waals surface area contributed by atoms with Crippen molar-refractivity contribution in [3.63, 3.8) is 0 Å². The first kappa shape index (κ1) is 5.34. The summed E-state index contributed by atoms with van der Waals surface area (Å²) < 4.78 is 12.3. The first-order valence-electron chi connectivity index (χ1n) is 2.81. The Kier molecular flexibility index (Phi) is 0.943. The van der Waals surface area contributed by atoms with Crippen LogP contribution in [0.2, 0.25) is 0 Å². The Morgan fingerprint density at radius 3 is 3.20 bits per heavy atom. The van der Waals surface area contributed by atoms with Crippen LogP contribution in [0.25, 0.3) is 11.4 Å². The summed E-state index contributed by atoms with van der Waals surface area (Å²) >= 11 is 0. The van der Waals surface area contributed by atoms with E-state index in [4.69, 9.17) is 0 Å². The minimum absolute atomic E-state index is 0.583. The molecule has 0 aromatic rings. The van der Waals surface area contributed by atoms with Gasteiger partial charge in [0.25, 0.3) is 6.08 Å². The molecule has 0 saturated heterocycles. The largest absolute Gasteiger partial charge is 0.314 e. The van der Waals surface area contributed by atoms with Crippen molar-refractivity contribution in [2.45, 2.75) is 0 Å². The van der Waals surface area contributed by atoms with Crippen molar-refractivity contribution in [1.29, 1.82) is 0 Å². The molecule has 10 heavy (non-hydrogen) atoms. The SMILES string of the molecule is Fc1ncc2nccc-2[nH]1. The quantitative estimate of drug-likeness (QED) is 0.551. The summed E-state index contributed by atoms with van der Waals surface area (Å²) in [6, 6.07) is 1.69. The van der Waals surface area contributed by atoms with Crippen molar-refractivity contribution >= 4 is 0 Å². The number of rotatable bonds is 0. The number of fused-ring (bicyclic) bond motifs is 1. The van der Waals surface area contributed by atoms with Gasteiger partial charge in [-0.25, -0.2) is 4.98 Å². The Morgan fingerprint density at radius 2 is 2.30 bits per heavy atom. The maximum Gasteiger partial charge on any atom is 0.286 e. The van der Waals surface area contributed by atoms with E-state index in [1.54, 1.807) is 12.3 Å². The number of nitrogens with zero attached hydrogens (tertiary/aromatic N) is 2. The van der Waals surface area contributed by atoms with E-state index in [0.29, 0.717) is 11.4 Å². The highest BCUT2D eigenvalue weighted by atomic mass is 19.1. The van der Waals surface area contributed by atoms with Crippen LogP contribution in [0.3, 0.4) is 0 Å². The smallest absolute Gasteiger partial charge is 0.286 e. The molecular weight excluding hydrogens is 133 g/mol. The number of nitrogens with one attached hydrogen (secondary N) is 1. The van der Waals surface area contributed by atoms with Gasteiger partial charge in [-0.1, -0.05) is 0 Å². The average Bonchev–Trinajstić information content (AvgIpc) is 2.33. The molecule has 0 fully saturated rings. The molecule has 4 heteroatoms. The van der Waals surface area contributed by atoms with Gasteiger partial charge in [0, 0.05) is 6.20 Å². The highest BCUT2D eigenvalue weighted by Gasteiger charge is 2.03. The van der Waals surface area contributed by atoms with Gasteiger partial charge in [0.05, 0.1) is 11.9 Å². The fourth-order valence-corrected chi connectivity index (χ4v) is 0.817. The predicted molar refractivity (Wildman–Crippen MR) is 33.0 cm³/mol. The van der Waals surface area contributed by atoms with Crippen LogP contribution < -0.4 is 0 Å². The maximum atomic E-state index is 12.3. The second-order valence-electron chi connectivity index (χ2n) is 1.92. The Labute approximate surface area is 56.3 Å². The molecule has 0 radical (unpaired) electrons. The number of hydrogen-bond acceptors (Lipinski definition) is 2. The van der Waals surface area contributed by atoms with Crippen LogP contribution in [0.5, 0.6) is 0 Å². The maximum absolute atomic E-state index is 12.3. The van der Waals surface area contributed by atoms with Crippen molar-refractivity contribution < 1.29 is 4.39 Å². The predicted octanol–water partition coefficient (Wildman–Crippen LogP) is 1.05. The molecule has 0 atom stereocenters. The van der Waals surface area contributed by atoms with Crippen LogP contribution in [0, 0.1) is 6.08 Å². The summed E-state index contributed by atoms with van der Waals surface area (Å²) in [6.45, 7) is 0. The normalized spacial score (nSPS) is 10.5. The summed E-state index contributed by atoms with van der Waals surface area (Å²) in [6.07, 6.45) is 2.41. The fourth-order valence-electron chi connectivity index (χ4n) is 0.817. The molecule has 3 nitrogen and oxygen atoms in total. The molecule has 2 rings (SSSR count). The third kappa shape index (κ3) is 0.655. The minimum Gasteiger partial charge on any atom is -0.314 e. The van der Waals surface area contributed by atoms with Crippen molar-refractivity contribution in [2.24, 2.45) is 0 Å². The molecule has 2 aliphatic rings. The Hall–Kier alpha value is -1.45. The summed E-state index contributed by atoms with van der Waals surface area (Å²) in [5.41, 5.74) is 1.36. The molecule has 0 saturated carbocycles. The molecule has 0 unspecified atom stereocenters. The summed E-state index contributed by atoms with van der Waals surface area (Å²) in [5.74, 6) is 0. The highest BCUT2D eigenvalue weighted by molar-refractivity contribution is 5.53. The van der Waals surface area contributed by atoms with E-state index in [9.17, 15) is 4.39 Å². The van der Waals surface area contributed by atoms with Gasteiger partial charge < -0.3 is 4.98 Å². The van der Waals surface area contributed by atoms with E-state index in [1.807, 2.05) is 0 Å². The number of aromatic amines is 1. The van der Waals surface area contributed by atoms with Crippen LogP contribution in [-0.2, 0) is 0 Å². The standard InChI is InChI=1S/C6H4FN3/c7-6-9-3-5-4(10-6)1-2-8-5/h1-3H,(H,9,10). The van der Waals surface area contributed by atoms with Gasteiger partial charge in [0.2, 0.25) is 0 Å². The average molecular weight is 137 g/mol. The monoisotopic (exact) mass is 137 g/mol. The molecular formula is C6H4FN3. The molecule has 1 N–H and O–H groups in total. The lowest BCUT2D eigenvalue weighted by atomic mass is 10.3. The van der Waals surface area contributed by atoms with Crippen molar-refractivity contribution in [2.75, 3.05) is 0 Å². The molecule has 2 heterocycles. The van der Waals surface area contributed by atoms with Gasteiger partial charge in [0.15, 0.2) is 0 Å². The topological polar surface area (TPSA) is 41.6 Å². The van der Waals surface area contributed by atoms with Crippen LogP contribution in [0.1, 0.15) is 0 Å². The number of halogens is 1. The van der Waals surface area contributed by atoms with Crippen LogP contribution in [-0.4, -0.2) is 15.0 Å². The van der Waals surface area contributed by atoms with E-state index in [1.165, 1.54) is 6.20 Å². The van der Waals surface area contributed by atoms with Crippen LogP contribution in [0.15, 0.2) is 18.5 Å². The van der Waals surface area contributed by atoms with Gasteiger partial charge in [-0.05, 0) is 6.07 Å². The Bertz CT molecular complexity index is 317. The minimum atomic E-state index is -0.583. The van der Waals surface area contributed by atoms with E-state index < -0.39 is 6.08 Å². The van der Waals surface area contributed by atoms with Gasteiger partial charge >= 0.3 is 0 Å². The van der Waals surface area contributed by atoms with Gasteiger partial charge in [0.1, 0.15) is 5.69 Å². The zero-order valence-corrected chi connectivity index (χ0v) is 5.00. The van der Waals surface area contributed by atoms with E-state index in [2.05, 4.69) is 15.0 Å². The molecule has 0 aromatic heterocycles. The van der Waals surface area contributed by atoms with Crippen LogP contribution in [0.4, 0.5) is 4.39 Å². The zero-order valence-electron chi connectivity index (χ0n) is 5.00. The van der Waals surface area contributed by atoms with E-state index in [0.717, 1.165) is 0 Å². The second kappa shape index (κ2) is 1.76. The Morgan fingerprint density at radius 1 is 1.40 bits per heavy atom. The zero-order chi connectivity index (χ0) is 6.97. The number of hydrogen-bond donors (Lipinski definition) is 1. The van der Waals surface area contributed by atoms with Crippen molar-refractivity contribution in [3.8, 4) is 11.4 Å². The number of aromatic nitrogens is 3. The van der Waals surface area contributed by atoms with Crippen molar-refractivity contribution in [3.05, 3.63) is 24.5 Å². The third-order valence-corrected chi connectivity index (χ3v) is 1.27. The molecule has 0 spiro atoms. The fraction of sp³-hybridized carbons (Fsp3) is 0.